The monoisotopic (exact) mass is 341 g/mol. The number of amides is 1. The van der Waals surface area contributed by atoms with E-state index in [1.807, 2.05) is 4.90 Å². The van der Waals surface area contributed by atoms with Crippen LogP contribution < -0.4 is 5.32 Å². The smallest absolute Gasteiger partial charge is 0.255 e. The third-order valence-electron chi connectivity index (χ3n) is 3.97. The summed E-state index contributed by atoms with van der Waals surface area (Å²) < 4.78 is 0.104. The van der Waals surface area contributed by atoms with Crippen molar-refractivity contribution in [1.82, 2.24) is 9.88 Å². The van der Waals surface area contributed by atoms with E-state index in [2.05, 4.69) is 30.4 Å². The van der Waals surface area contributed by atoms with Gasteiger partial charge in [0.1, 0.15) is 5.82 Å². The van der Waals surface area contributed by atoms with Crippen LogP contribution in [-0.4, -0.2) is 46.4 Å². The number of aromatic nitrogens is 1. The fraction of sp³-hybridized carbons (Fsp3) is 0.625. The Balaban J connectivity index is 2.04. The molecule has 2 heterocycles. The number of anilines is 1. The van der Waals surface area contributed by atoms with E-state index in [9.17, 15) is 4.79 Å². The quantitative estimate of drug-likeness (QED) is 0.881. The average molecular weight is 342 g/mol. The first kappa shape index (κ1) is 17.4. The lowest BCUT2D eigenvalue weighted by Crippen LogP contribution is -2.35. The van der Waals surface area contributed by atoms with Crippen molar-refractivity contribution in [1.29, 1.82) is 0 Å². The molecule has 0 aliphatic carbocycles. The molecule has 1 amide bonds. The van der Waals surface area contributed by atoms with Crippen molar-refractivity contribution in [3.05, 3.63) is 22.8 Å². The fourth-order valence-electron chi connectivity index (χ4n) is 2.33. The Bertz CT molecular complexity index is 530. The molecule has 0 atom stereocenters. The zero-order chi connectivity index (χ0) is 16.2. The molecule has 122 valence electrons. The summed E-state index contributed by atoms with van der Waals surface area (Å²) in [5.41, 5.74) is 0.571. The minimum Gasteiger partial charge on any atom is -0.367 e. The lowest BCUT2D eigenvalue weighted by Gasteiger charge is -2.27. The number of nitrogens with one attached hydrogen (secondary N) is 1. The molecule has 1 N–H and O–H groups in total. The number of pyridine rings is 1. The lowest BCUT2D eigenvalue weighted by molar-refractivity contribution is 0.0724. The number of likely N-dealkylation sites (tertiary alicyclic amines) is 1. The van der Waals surface area contributed by atoms with Crippen LogP contribution >= 0.6 is 23.4 Å². The van der Waals surface area contributed by atoms with Crippen LogP contribution in [-0.2, 0) is 0 Å². The second-order valence-corrected chi connectivity index (χ2v) is 8.15. The Morgan fingerprint density at radius 1 is 1.41 bits per heavy atom. The van der Waals surface area contributed by atoms with E-state index in [4.69, 9.17) is 11.6 Å². The van der Waals surface area contributed by atoms with Gasteiger partial charge < -0.3 is 10.2 Å². The maximum absolute atomic E-state index is 12.4. The van der Waals surface area contributed by atoms with Gasteiger partial charge in [-0.2, -0.15) is 11.8 Å². The summed E-state index contributed by atoms with van der Waals surface area (Å²) in [7, 11) is 0. The largest absolute Gasteiger partial charge is 0.367 e. The maximum atomic E-state index is 12.4. The van der Waals surface area contributed by atoms with Gasteiger partial charge in [-0.3, -0.25) is 4.79 Å². The van der Waals surface area contributed by atoms with Gasteiger partial charge in [-0.15, -0.1) is 0 Å². The molecule has 22 heavy (non-hydrogen) atoms. The number of hydrogen-bond donors (Lipinski definition) is 1. The maximum Gasteiger partial charge on any atom is 0.255 e. The van der Waals surface area contributed by atoms with Crippen LogP contribution in [0.4, 0.5) is 5.82 Å². The van der Waals surface area contributed by atoms with Crippen LogP contribution in [0, 0.1) is 0 Å². The van der Waals surface area contributed by atoms with Crippen molar-refractivity contribution in [3.63, 3.8) is 0 Å². The van der Waals surface area contributed by atoms with Crippen molar-refractivity contribution >= 4 is 35.1 Å². The number of nitrogens with zero attached hydrogens (tertiary/aromatic N) is 2. The molecule has 0 aromatic carbocycles. The molecule has 1 fully saturated rings. The highest BCUT2D eigenvalue weighted by atomic mass is 35.5. The molecule has 0 saturated carbocycles. The molecule has 6 heteroatoms. The van der Waals surface area contributed by atoms with Gasteiger partial charge in [0, 0.05) is 30.6 Å². The molecule has 0 spiro atoms. The Kier molecular flexibility index (Phi) is 5.98. The lowest BCUT2D eigenvalue weighted by atomic mass is 10.1. The van der Waals surface area contributed by atoms with E-state index in [-0.39, 0.29) is 10.7 Å². The summed E-state index contributed by atoms with van der Waals surface area (Å²) >= 11 is 8.07. The van der Waals surface area contributed by atoms with Crippen molar-refractivity contribution < 1.29 is 4.79 Å². The topological polar surface area (TPSA) is 45.2 Å². The van der Waals surface area contributed by atoms with Gasteiger partial charge in [0.15, 0.2) is 0 Å². The van der Waals surface area contributed by atoms with Gasteiger partial charge in [0.25, 0.3) is 5.91 Å². The van der Waals surface area contributed by atoms with Crippen LogP contribution in [0.5, 0.6) is 0 Å². The van der Waals surface area contributed by atoms with Crippen LogP contribution in [0.1, 0.15) is 43.5 Å². The van der Waals surface area contributed by atoms with E-state index in [1.54, 1.807) is 24.0 Å². The highest BCUT2D eigenvalue weighted by Crippen LogP contribution is 2.25. The highest BCUT2D eigenvalue weighted by Gasteiger charge is 2.20. The summed E-state index contributed by atoms with van der Waals surface area (Å²) in [5, 5.41) is 3.76. The van der Waals surface area contributed by atoms with Crippen LogP contribution in [0.3, 0.4) is 0 Å². The summed E-state index contributed by atoms with van der Waals surface area (Å²) in [4.78, 5) is 18.7. The molecule has 1 saturated heterocycles. The predicted molar refractivity (Wildman–Crippen MR) is 95.1 cm³/mol. The van der Waals surface area contributed by atoms with Crippen molar-refractivity contribution in [3.8, 4) is 0 Å². The van der Waals surface area contributed by atoms with E-state index >= 15 is 0 Å². The summed E-state index contributed by atoms with van der Waals surface area (Å²) in [6, 6.07) is 1.72. The minimum atomic E-state index is 0.0325. The first-order valence-electron chi connectivity index (χ1n) is 7.67. The third kappa shape index (κ3) is 4.53. The molecule has 2 rings (SSSR count). The predicted octanol–water partition coefficient (Wildman–Crippen LogP) is 3.91. The number of thioether (sulfide) groups is 1. The number of rotatable bonds is 5. The molecule has 0 bridgehead atoms. The minimum absolute atomic E-state index is 0.0325. The van der Waals surface area contributed by atoms with Crippen molar-refractivity contribution in [2.24, 2.45) is 0 Å². The first-order valence-corrected chi connectivity index (χ1v) is 9.27. The van der Waals surface area contributed by atoms with Gasteiger partial charge >= 0.3 is 0 Å². The average Bonchev–Trinajstić information content (AvgIpc) is 2.54. The second kappa shape index (κ2) is 7.55. The fourth-order valence-corrected chi connectivity index (χ4v) is 2.78. The Labute approximate surface area is 142 Å². The van der Waals surface area contributed by atoms with E-state index in [1.165, 1.54) is 6.42 Å². The van der Waals surface area contributed by atoms with Crippen molar-refractivity contribution in [2.45, 2.75) is 37.9 Å². The molecule has 1 aromatic rings. The van der Waals surface area contributed by atoms with Crippen LogP contribution in [0.25, 0.3) is 0 Å². The molecule has 0 radical (unpaired) electrons. The molecule has 0 unspecified atom stereocenters. The SMILES string of the molecule is CSC(C)(C)CNc1ncc(C(=O)N2CCCCC2)cc1Cl. The second-order valence-electron chi connectivity index (χ2n) is 6.22. The zero-order valence-electron chi connectivity index (χ0n) is 13.5. The first-order chi connectivity index (χ1) is 10.4. The van der Waals surface area contributed by atoms with Gasteiger partial charge in [-0.1, -0.05) is 11.6 Å². The third-order valence-corrected chi connectivity index (χ3v) is 5.50. The Morgan fingerprint density at radius 2 is 2.09 bits per heavy atom. The van der Waals surface area contributed by atoms with Gasteiger partial charge in [0.05, 0.1) is 10.6 Å². The number of piperidine rings is 1. The van der Waals surface area contributed by atoms with Crippen LogP contribution in [0.2, 0.25) is 5.02 Å². The molecule has 1 aromatic heterocycles. The molecule has 1 aliphatic rings. The number of carbonyl (C=O) groups excluding carboxylic acids is 1. The van der Waals surface area contributed by atoms with Crippen molar-refractivity contribution in [2.75, 3.05) is 31.2 Å². The summed E-state index contributed by atoms with van der Waals surface area (Å²) in [5.74, 6) is 0.670. The Hall–Kier alpha value is -0.940. The van der Waals surface area contributed by atoms with Gasteiger partial charge in [-0.05, 0) is 45.4 Å². The molecule has 4 nitrogen and oxygen atoms in total. The molecular formula is C16H24ClN3OS. The van der Waals surface area contributed by atoms with E-state index < -0.39 is 0 Å². The van der Waals surface area contributed by atoms with Gasteiger partial charge in [0.2, 0.25) is 0 Å². The van der Waals surface area contributed by atoms with Gasteiger partial charge in [-0.25, -0.2) is 4.98 Å². The zero-order valence-corrected chi connectivity index (χ0v) is 15.1. The normalized spacial score (nSPS) is 15.7. The number of hydrogen-bond acceptors (Lipinski definition) is 4. The Morgan fingerprint density at radius 3 is 2.68 bits per heavy atom. The van der Waals surface area contributed by atoms with E-state index in [0.717, 1.165) is 32.5 Å². The van der Waals surface area contributed by atoms with Crippen LogP contribution in [0.15, 0.2) is 12.3 Å². The summed E-state index contributed by atoms with van der Waals surface area (Å²) in [6.07, 6.45) is 7.07. The standard InChI is InChI=1S/C16H24ClN3OS/c1-16(2,22-3)11-19-14-13(17)9-12(10-18-14)15(21)20-7-5-4-6-8-20/h9-10H,4-8,11H2,1-3H3,(H,18,19). The molecular weight excluding hydrogens is 318 g/mol. The van der Waals surface area contributed by atoms with E-state index in [0.29, 0.717) is 16.4 Å². The number of carbonyl (C=O) groups is 1. The summed E-state index contributed by atoms with van der Waals surface area (Å²) in [6.45, 7) is 6.75. The highest BCUT2D eigenvalue weighted by molar-refractivity contribution is 7.99. The number of halogens is 1. The molecule has 1 aliphatic heterocycles.